The molecule has 1 aliphatic heterocycles. The lowest BCUT2D eigenvalue weighted by Crippen LogP contribution is -2.47. The van der Waals surface area contributed by atoms with Gasteiger partial charge in [0.15, 0.2) is 0 Å². The van der Waals surface area contributed by atoms with Gasteiger partial charge in [0.1, 0.15) is 5.56 Å². The molecule has 2 aliphatic carbocycles. The topological polar surface area (TPSA) is 92.9 Å². The number of carbonyl (C=O) groups excluding carboxylic acids is 1. The van der Waals surface area contributed by atoms with Gasteiger partial charge in [0.05, 0.1) is 11.6 Å². The normalized spacial score (nSPS) is 24.4. The first kappa shape index (κ1) is 20.7. The summed E-state index contributed by atoms with van der Waals surface area (Å²) in [6, 6.07) is 1.35. The van der Waals surface area contributed by atoms with E-state index in [-0.39, 0.29) is 37.1 Å². The Hall–Kier alpha value is -2.52. The molecule has 3 aliphatic rings. The molecule has 7 nitrogen and oxygen atoms in total. The second-order valence-electron chi connectivity index (χ2n) is 8.21. The van der Waals surface area contributed by atoms with Gasteiger partial charge in [-0.25, -0.2) is 4.79 Å². The highest BCUT2D eigenvalue weighted by Gasteiger charge is 2.41. The number of rotatable bonds is 5. The number of hydrogen-bond donors (Lipinski definition) is 2. The first-order chi connectivity index (χ1) is 14.3. The fourth-order valence-corrected chi connectivity index (χ4v) is 4.13. The van der Waals surface area contributed by atoms with Crippen molar-refractivity contribution in [2.45, 2.75) is 70.3 Å². The summed E-state index contributed by atoms with van der Waals surface area (Å²) in [5.74, 6) is -1.10. The van der Waals surface area contributed by atoms with Crippen molar-refractivity contribution in [2.24, 2.45) is 17.0 Å². The van der Waals surface area contributed by atoms with Crippen LogP contribution in [0.2, 0.25) is 0 Å². The number of amides is 1. The van der Waals surface area contributed by atoms with Gasteiger partial charge >= 0.3 is 11.8 Å². The molecule has 0 aromatic carbocycles. The highest BCUT2D eigenvalue weighted by molar-refractivity contribution is 6.01. The third-order valence-electron chi connectivity index (χ3n) is 6.15. The van der Waals surface area contributed by atoms with Gasteiger partial charge in [-0.15, -0.1) is 0 Å². The standard InChI is InChI=1S/C20H24F3N3O4/c21-20(22,23)13-6-8-14(9-7-13)26-30-19-24-17(28)16-12(5-4-11-2-1-3-11)10-15(27)29-18(16)25-19/h10-11,13,19,25H,1-9H2,(H,24,28). The Morgan fingerprint density at radius 3 is 2.50 bits per heavy atom. The fraction of sp³-hybridized carbons (Fsp3) is 0.650. The van der Waals surface area contributed by atoms with Crippen molar-refractivity contribution in [3.8, 4) is 0 Å². The molecule has 164 valence electrons. The molecule has 2 fully saturated rings. The summed E-state index contributed by atoms with van der Waals surface area (Å²) in [7, 11) is 0. The van der Waals surface area contributed by atoms with Crippen molar-refractivity contribution in [2.75, 3.05) is 5.32 Å². The van der Waals surface area contributed by atoms with Crippen LogP contribution in [0.3, 0.4) is 0 Å². The van der Waals surface area contributed by atoms with E-state index in [0.717, 1.165) is 6.42 Å². The van der Waals surface area contributed by atoms with Gasteiger partial charge in [0.25, 0.3) is 12.3 Å². The maximum Gasteiger partial charge on any atom is 0.391 e. The predicted octanol–water partition coefficient (Wildman–Crippen LogP) is 3.94. The lowest BCUT2D eigenvalue weighted by atomic mass is 9.81. The zero-order chi connectivity index (χ0) is 21.3. The number of oxime groups is 1. The molecule has 1 aromatic heterocycles. The number of alkyl halides is 3. The van der Waals surface area contributed by atoms with Crippen LogP contribution in [-0.4, -0.2) is 24.1 Å². The molecule has 2 heterocycles. The molecule has 0 spiro atoms. The van der Waals surface area contributed by atoms with E-state index in [2.05, 4.69) is 15.8 Å². The minimum absolute atomic E-state index is 0.0286. The van der Waals surface area contributed by atoms with E-state index in [1.807, 2.05) is 0 Å². The van der Waals surface area contributed by atoms with Crippen LogP contribution >= 0.6 is 0 Å². The molecule has 2 saturated carbocycles. The van der Waals surface area contributed by atoms with E-state index in [9.17, 15) is 22.8 Å². The Balaban J connectivity index is 1.39. The highest BCUT2D eigenvalue weighted by Crippen LogP contribution is 2.37. The minimum atomic E-state index is -4.19. The van der Waals surface area contributed by atoms with Crippen LogP contribution in [-0.2, 0) is 11.3 Å². The van der Waals surface area contributed by atoms with E-state index in [4.69, 9.17) is 9.25 Å². The van der Waals surface area contributed by atoms with E-state index in [0.29, 0.717) is 23.6 Å². The van der Waals surface area contributed by atoms with Crippen LogP contribution in [0.1, 0.15) is 67.3 Å². The summed E-state index contributed by atoms with van der Waals surface area (Å²) in [4.78, 5) is 29.8. The average molecular weight is 427 g/mol. The van der Waals surface area contributed by atoms with Crippen LogP contribution in [0.4, 0.5) is 19.1 Å². The van der Waals surface area contributed by atoms with Crippen molar-refractivity contribution >= 4 is 17.5 Å². The predicted molar refractivity (Wildman–Crippen MR) is 102 cm³/mol. The lowest BCUT2D eigenvalue weighted by molar-refractivity contribution is -0.178. The smallest absolute Gasteiger partial charge is 0.391 e. The zero-order valence-electron chi connectivity index (χ0n) is 16.4. The number of aryl methyl sites for hydroxylation is 1. The van der Waals surface area contributed by atoms with Gasteiger partial charge in [-0.3, -0.25) is 10.1 Å². The summed E-state index contributed by atoms with van der Waals surface area (Å²) in [5.41, 5.74) is 0.864. The molecule has 1 atom stereocenters. The Morgan fingerprint density at radius 2 is 1.87 bits per heavy atom. The summed E-state index contributed by atoms with van der Waals surface area (Å²) in [6.07, 6.45) is 0.144. The van der Waals surface area contributed by atoms with E-state index >= 15 is 0 Å². The van der Waals surface area contributed by atoms with Gasteiger partial charge in [-0.2, -0.15) is 13.2 Å². The van der Waals surface area contributed by atoms with Crippen LogP contribution < -0.4 is 16.3 Å². The van der Waals surface area contributed by atoms with Gasteiger partial charge in [-0.05, 0) is 50.0 Å². The molecule has 2 N–H and O–H groups in total. The van der Waals surface area contributed by atoms with Crippen LogP contribution in [0.15, 0.2) is 20.4 Å². The van der Waals surface area contributed by atoms with Crippen molar-refractivity contribution in [3.05, 3.63) is 27.6 Å². The first-order valence-electron chi connectivity index (χ1n) is 10.3. The molecule has 4 rings (SSSR count). The monoisotopic (exact) mass is 427 g/mol. The average Bonchev–Trinajstić information content (AvgIpc) is 2.64. The molecule has 10 heteroatoms. The maximum absolute atomic E-state index is 12.8. The number of anilines is 1. The molecule has 0 saturated heterocycles. The van der Waals surface area contributed by atoms with Gasteiger partial charge < -0.3 is 14.6 Å². The summed E-state index contributed by atoms with van der Waals surface area (Å²) in [5, 5.41) is 9.29. The van der Waals surface area contributed by atoms with Crippen molar-refractivity contribution in [3.63, 3.8) is 0 Å². The van der Waals surface area contributed by atoms with Gasteiger partial charge in [0, 0.05) is 6.07 Å². The van der Waals surface area contributed by atoms with E-state index < -0.39 is 30.0 Å². The maximum atomic E-state index is 12.8. The molecule has 1 unspecified atom stereocenters. The second-order valence-corrected chi connectivity index (χ2v) is 8.21. The number of hydrogen-bond acceptors (Lipinski definition) is 6. The van der Waals surface area contributed by atoms with Crippen LogP contribution in [0, 0.1) is 11.8 Å². The molecule has 1 aromatic rings. The third kappa shape index (κ3) is 4.62. The largest absolute Gasteiger partial charge is 0.406 e. The SMILES string of the molecule is O=C1NC(ON=C2CCC(C(F)(F)F)CC2)Nc2oc(=O)cc(CCC3CCC3)c21. The Labute approximate surface area is 171 Å². The number of halogens is 3. The third-order valence-corrected chi connectivity index (χ3v) is 6.15. The number of carbonyl (C=O) groups is 1. The first-order valence-corrected chi connectivity index (χ1v) is 10.3. The quantitative estimate of drug-likeness (QED) is 0.695. The molecule has 0 radical (unpaired) electrons. The van der Waals surface area contributed by atoms with Crippen molar-refractivity contribution in [1.82, 2.24) is 5.32 Å². The summed E-state index contributed by atoms with van der Waals surface area (Å²) in [6.45, 7) is 0. The van der Waals surface area contributed by atoms with Gasteiger partial charge in [-0.1, -0.05) is 24.4 Å². The molecular weight excluding hydrogens is 403 g/mol. The zero-order valence-corrected chi connectivity index (χ0v) is 16.4. The van der Waals surface area contributed by atoms with Crippen LogP contribution in [0.25, 0.3) is 0 Å². The molecule has 30 heavy (non-hydrogen) atoms. The second kappa shape index (κ2) is 8.31. The minimum Gasteiger partial charge on any atom is -0.406 e. The number of fused-ring (bicyclic) bond motifs is 1. The lowest BCUT2D eigenvalue weighted by Gasteiger charge is -2.28. The number of nitrogens with one attached hydrogen (secondary N) is 2. The Kier molecular flexibility index (Phi) is 5.75. The van der Waals surface area contributed by atoms with Crippen molar-refractivity contribution < 1.29 is 27.2 Å². The van der Waals surface area contributed by atoms with Crippen molar-refractivity contribution in [1.29, 1.82) is 0 Å². The van der Waals surface area contributed by atoms with E-state index in [1.165, 1.54) is 25.3 Å². The molecular formula is C20H24F3N3O4. The highest BCUT2D eigenvalue weighted by atomic mass is 19.4. The number of nitrogens with zero attached hydrogens (tertiary/aromatic N) is 1. The van der Waals surface area contributed by atoms with E-state index in [1.54, 1.807) is 0 Å². The van der Waals surface area contributed by atoms with Gasteiger partial charge in [0.2, 0.25) is 5.88 Å². The summed E-state index contributed by atoms with van der Waals surface area (Å²) >= 11 is 0. The fourth-order valence-electron chi connectivity index (χ4n) is 4.13. The molecule has 1 amide bonds. The Bertz CT molecular complexity index is 882. The Morgan fingerprint density at radius 1 is 1.13 bits per heavy atom. The summed E-state index contributed by atoms with van der Waals surface area (Å²) < 4.78 is 43.4. The molecule has 0 bridgehead atoms. The van der Waals surface area contributed by atoms with Crippen LogP contribution in [0.5, 0.6) is 0 Å².